The molecule has 0 spiro atoms. The van der Waals surface area contributed by atoms with E-state index in [0.29, 0.717) is 35.5 Å². The Labute approximate surface area is 268 Å². The molecule has 13 heteroatoms. The number of carbonyl (C=O) groups is 3. The fourth-order valence-corrected chi connectivity index (χ4v) is 3.30. The van der Waals surface area contributed by atoms with Gasteiger partial charge < -0.3 is 36.3 Å². The van der Waals surface area contributed by atoms with Crippen LogP contribution in [0.15, 0.2) is 12.4 Å². The first-order valence-corrected chi connectivity index (χ1v) is 15.0. The van der Waals surface area contributed by atoms with Crippen LogP contribution in [0.3, 0.4) is 0 Å². The van der Waals surface area contributed by atoms with Gasteiger partial charge >= 0.3 is 6.09 Å². The van der Waals surface area contributed by atoms with Crippen LogP contribution in [-0.4, -0.2) is 77.9 Å². The van der Waals surface area contributed by atoms with Crippen molar-refractivity contribution >= 4 is 41.4 Å². The minimum absolute atomic E-state index is 0. The minimum atomic E-state index is -0.938. The monoisotopic (exact) mass is 642 g/mol. The van der Waals surface area contributed by atoms with Gasteiger partial charge in [-0.05, 0) is 88.0 Å². The first kappa shape index (κ1) is 41.2. The van der Waals surface area contributed by atoms with Crippen LogP contribution >= 0.6 is 12.4 Å². The number of ketones is 1. The summed E-state index contributed by atoms with van der Waals surface area (Å²) in [5, 5.41) is 24.8. The molecule has 252 valence electrons. The summed E-state index contributed by atoms with van der Waals surface area (Å²) in [6.45, 7) is 19.2. The maximum absolute atomic E-state index is 12.5. The maximum Gasteiger partial charge on any atom is 0.408 e. The molecule has 3 rings (SSSR count). The van der Waals surface area contributed by atoms with E-state index in [1.807, 2.05) is 20.8 Å². The molecule has 7 N–H and O–H groups in total. The fraction of sp³-hybridized carbons (Fsp3) is 0.710. The van der Waals surface area contributed by atoms with Crippen molar-refractivity contribution in [3.8, 4) is 0 Å². The second-order valence-electron chi connectivity index (χ2n) is 12.9. The van der Waals surface area contributed by atoms with Crippen LogP contribution in [0.4, 0.5) is 4.79 Å². The zero-order valence-electron chi connectivity index (χ0n) is 28.2. The van der Waals surface area contributed by atoms with Gasteiger partial charge in [-0.1, -0.05) is 13.8 Å². The molecular formula is C31H55ClN6O6. The van der Waals surface area contributed by atoms with Gasteiger partial charge in [0.1, 0.15) is 11.1 Å². The number of amides is 2. The molecule has 0 aromatic carbocycles. The van der Waals surface area contributed by atoms with E-state index in [9.17, 15) is 24.6 Å². The third-order valence-electron chi connectivity index (χ3n) is 7.68. The Bertz CT molecular complexity index is 1220. The lowest BCUT2D eigenvalue weighted by atomic mass is 9.95. The highest BCUT2D eigenvalue weighted by Gasteiger charge is 2.30. The number of aromatic amines is 1. The van der Waals surface area contributed by atoms with Gasteiger partial charge in [0.2, 0.25) is 0 Å². The van der Waals surface area contributed by atoms with Crippen LogP contribution in [-0.2, 0) is 9.53 Å². The first-order chi connectivity index (χ1) is 19.6. The third kappa shape index (κ3) is 13.5. The molecule has 2 aromatic heterocycles. The third-order valence-corrected chi connectivity index (χ3v) is 7.68. The fourth-order valence-electron chi connectivity index (χ4n) is 3.30. The molecule has 0 radical (unpaired) electrons. The Morgan fingerprint density at radius 3 is 2.00 bits per heavy atom. The van der Waals surface area contributed by atoms with E-state index in [4.69, 9.17) is 10.5 Å². The molecule has 44 heavy (non-hydrogen) atoms. The number of nitrogens with one attached hydrogen (secondary N) is 3. The first-order valence-electron chi connectivity index (χ1n) is 15.0. The minimum Gasteiger partial charge on any atom is -0.444 e. The Kier molecular flexibility index (Phi) is 16.0. The molecule has 2 amide bonds. The summed E-state index contributed by atoms with van der Waals surface area (Å²) < 4.78 is 4.96. The average Bonchev–Trinajstić information content (AvgIpc) is 3.66. The van der Waals surface area contributed by atoms with E-state index < -0.39 is 28.9 Å². The van der Waals surface area contributed by atoms with E-state index in [-0.39, 0.29) is 36.2 Å². The summed E-state index contributed by atoms with van der Waals surface area (Å²) in [6, 6.07) is -0.975. The highest BCUT2D eigenvalue weighted by atomic mass is 35.5. The summed E-state index contributed by atoms with van der Waals surface area (Å²) in [4.78, 5) is 46.3. The molecule has 0 saturated heterocycles. The number of aliphatic hydroxyl groups is 2. The van der Waals surface area contributed by atoms with Gasteiger partial charge in [-0.15, -0.1) is 12.4 Å². The molecular weight excluding hydrogens is 588 g/mol. The molecule has 1 aliphatic carbocycles. The van der Waals surface area contributed by atoms with Crippen LogP contribution in [0.5, 0.6) is 0 Å². The predicted octanol–water partition coefficient (Wildman–Crippen LogP) is 4.52. The van der Waals surface area contributed by atoms with E-state index in [1.54, 1.807) is 60.9 Å². The van der Waals surface area contributed by atoms with Crippen molar-refractivity contribution in [3.63, 3.8) is 0 Å². The van der Waals surface area contributed by atoms with Crippen molar-refractivity contribution in [1.82, 2.24) is 25.6 Å². The number of H-pyrrole nitrogens is 1. The predicted molar refractivity (Wildman–Crippen MR) is 175 cm³/mol. The standard InChI is InChI=1S/C16H22N4O2.C9H17NO3.C6H15NO.ClH/c1-4-16(3,22)9(2)19-15(21)11-7-17-14-13(11)20-12(8-18-14)10-5-6-10;1-6(7(2)11)10-8(12)13-9(3,4)5;1-4-6(3,8)5(2)7;/h7-10,22H,4-6H2,1-3H3,(H,17,18)(H,19,21);6H,1-5H3,(H,10,12);5,8H,4,7H2,1-3H3;1H/t9-,16+;6-;5-,6-;/m011./s1. The summed E-state index contributed by atoms with van der Waals surface area (Å²) in [5.41, 5.74) is 5.93. The quantitative estimate of drug-likeness (QED) is 0.228. The molecule has 1 fully saturated rings. The second kappa shape index (κ2) is 17.0. The van der Waals surface area contributed by atoms with Crippen molar-refractivity contribution in [2.75, 3.05) is 0 Å². The highest BCUT2D eigenvalue weighted by molar-refractivity contribution is 6.04. The molecule has 12 nitrogen and oxygen atoms in total. The Morgan fingerprint density at radius 2 is 1.59 bits per heavy atom. The van der Waals surface area contributed by atoms with Gasteiger partial charge in [0.05, 0.1) is 40.7 Å². The number of hydrogen-bond donors (Lipinski definition) is 6. The summed E-state index contributed by atoms with van der Waals surface area (Å²) in [5.74, 6) is 0.156. The number of nitrogens with two attached hydrogens (primary N) is 1. The molecule has 0 bridgehead atoms. The van der Waals surface area contributed by atoms with Crippen molar-refractivity contribution in [1.29, 1.82) is 0 Å². The maximum atomic E-state index is 12.5. The van der Waals surface area contributed by atoms with Crippen LogP contribution in [0, 0.1) is 0 Å². The van der Waals surface area contributed by atoms with Gasteiger partial charge in [0, 0.05) is 18.2 Å². The topological polar surface area (TPSA) is 193 Å². The lowest BCUT2D eigenvalue weighted by molar-refractivity contribution is -0.118. The molecule has 1 saturated carbocycles. The lowest BCUT2D eigenvalue weighted by Crippen LogP contribution is -2.48. The van der Waals surface area contributed by atoms with Gasteiger partial charge in [0.15, 0.2) is 11.4 Å². The van der Waals surface area contributed by atoms with Gasteiger partial charge in [-0.25, -0.2) is 14.8 Å². The van der Waals surface area contributed by atoms with Crippen LogP contribution < -0.4 is 16.4 Å². The van der Waals surface area contributed by atoms with Gasteiger partial charge in [-0.3, -0.25) is 9.59 Å². The largest absolute Gasteiger partial charge is 0.444 e. The molecule has 1 aliphatic rings. The number of fused-ring (bicyclic) bond motifs is 1. The Morgan fingerprint density at radius 1 is 1.05 bits per heavy atom. The smallest absolute Gasteiger partial charge is 0.408 e. The summed E-state index contributed by atoms with van der Waals surface area (Å²) in [7, 11) is 0. The average molecular weight is 643 g/mol. The number of Topliss-reactive ketones (excluding diaryl/α,β-unsaturated/α-hetero) is 1. The Balaban J connectivity index is 0.000000719. The van der Waals surface area contributed by atoms with Gasteiger partial charge in [-0.2, -0.15) is 0 Å². The molecule has 0 aliphatic heterocycles. The molecule has 5 atom stereocenters. The number of aromatic nitrogens is 3. The number of carbonyl (C=O) groups excluding carboxylic acids is 3. The van der Waals surface area contributed by atoms with E-state index in [0.717, 1.165) is 18.5 Å². The van der Waals surface area contributed by atoms with Crippen molar-refractivity contribution in [2.24, 2.45) is 5.73 Å². The Hall–Kier alpha value is -2.80. The number of ether oxygens (including phenoxy) is 1. The summed E-state index contributed by atoms with van der Waals surface area (Å²) >= 11 is 0. The SMILES string of the molecule is CC(=O)[C@@H](C)NC(=O)OC(C)(C)C.CC[C@@](C)(O)[C@@H](C)N.CC[C@@](C)(O)[C@H](C)NC(=O)c1c[nH]c2ncc(C3CC3)nc12.Cl. The number of alkyl carbamates (subject to hydrolysis) is 1. The highest BCUT2D eigenvalue weighted by Crippen LogP contribution is 2.39. The zero-order chi connectivity index (χ0) is 33.3. The van der Waals surface area contributed by atoms with E-state index in [1.165, 1.54) is 6.92 Å². The number of hydrogen-bond acceptors (Lipinski definition) is 9. The lowest BCUT2D eigenvalue weighted by Gasteiger charge is -2.29. The molecule has 2 aromatic rings. The van der Waals surface area contributed by atoms with Crippen molar-refractivity contribution < 1.29 is 29.3 Å². The normalized spacial score (nSPS) is 17.4. The van der Waals surface area contributed by atoms with Crippen molar-refractivity contribution in [3.05, 3.63) is 23.7 Å². The summed E-state index contributed by atoms with van der Waals surface area (Å²) in [6.07, 6.45) is 6.41. The number of nitrogens with zero attached hydrogens (tertiary/aromatic N) is 2. The van der Waals surface area contributed by atoms with Gasteiger partial charge in [0.25, 0.3) is 5.91 Å². The molecule has 0 unspecified atom stereocenters. The van der Waals surface area contributed by atoms with Crippen LogP contribution in [0.25, 0.3) is 11.2 Å². The number of halogens is 1. The molecule has 2 heterocycles. The number of rotatable bonds is 9. The van der Waals surface area contributed by atoms with Crippen LogP contribution in [0.2, 0.25) is 0 Å². The zero-order valence-corrected chi connectivity index (χ0v) is 29.0. The van der Waals surface area contributed by atoms with Crippen LogP contribution in [0.1, 0.15) is 124 Å². The van der Waals surface area contributed by atoms with E-state index >= 15 is 0 Å². The van der Waals surface area contributed by atoms with Crippen molar-refractivity contribution in [2.45, 2.75) is 143 Å². The second-order valence-corrected chi connectivity index (χ2v) is 12.9. The van der Waals surface area contributed by atoms with E-state index in [2.05, 4.69) is 25.6 Å².